The Morgan fingerprint density at radius 2 is 1.94 bits per heavy atom. The smallest absolute Gasteiger partial charge is 0.320 e. The fraction of sp³-hybridized carbons (Fsp3) is 0.458. The summed E-state index contributed by atoms with van der Waals surface area (Å²) in [7, 11) is 4.74. The number of rotatable bonds is 12. The maximum atomic E-state index is 13.5. The molecule has 1 unspecified atom stereocenters. The second-order valence-electron chi connectivity index (χ2n) is 7.61. The summed E-state index contributed by atoms with van der Waals surface area (Å²) in [6.07, 6.45) is 0.567. The molecule has 2 heterocycles. The van der Waals surface area contributed by atoms with Gasteiger partial charge in [0.15, 0.2) is 11.5 Å². The van der Waals surface area contributed by atoms with Gasteiger partial charge in [-0.1, -0.05) is 12.1 Å². The molecule has 1 aliphatic rings. The molecule has 0 fully saturated rings. The van der Waals surface area contributed by atoms with E-state index >= 15 is 0 Å². The van der Waals surface area contributed by atoms with Crippen LogP contribution in [0.2, 0.25) is 0 Å². The zero-order valence-electron chi connectivity index (χ0n) is 20.0. The average Bonchev–Trinajstić information content (AvgIpc) is 3.52. The molecular weight excluding hydrogens is 458 g/mol. The van der Waals surface area contributed by atoms with E-state index in [1.54, 1.807) is 44.5 Å². The van der Waals surface area contributed by atoms with Crippen molar-refractivity contribution in [3.8, 4) is 11.5 Å². The Bertz CT molecular complexity index is 995. The summed E-state index contributed by atoms with van der Waals surface area (Å²) < 4.78 is 21.0. The lowest BCUT2D eigenvalue weighted by atomic mass is 10.0. The number of amides is 1. The number of methoxy groups -OCH3 is 3. The van der Waals surface area contributed by atoms with Gasteiger partial charge < -0.3 is 18.9 Å². The van der Waals surface area contributed by atoms with Gasteiger partial charge in [0.1, 0.15) is 0 Å². The van der Waals surface area contributed by atoms with Gasteiger partial charge in [0.2, 0.25) is 0 Å². The number of carbonyl (C=O) groups excluding carboxylic acids is 2. The number of thiophene rings is 1. The van der Waals surface area contributed by atoms with Gasteiger partial charge in [-0.15, -0.1) is 11.3 Å². The van der Waals surface area contributed by atoms with Crippen molar-refractivity contribution in [3.05, 3.63) is 46.2 Å². The lowest BCUT2D eigenvalue weighted by Gasteiger charge is -2.26. The molecule has 1 aliphatic heterocycles. The highest BCUT2D eigenvalue weighted by Gasteiger charge is 2.34. The number of benzene rings is 1. The predicted octanol–water partition coefficient (Wildman–Crippen LogP) is 2.95. The average molecular weight is 490 g/mol. The maximum Gasteiger partial charge on any atom is 0.320 e. The van der Waals surface area contributed by atoms with Crippen LogP contribution in [0.5, 0.6) is 11.5 Å². The van der Waals surface area contributed by atoms with Gasteiger partial charge in [-0.2, -0.15) is 5.10 Å². The Balaban J connectivity index is 1.86. The van der Waals surface area contributed by atoms with E-state index in [-0.39, 0.29) is 37.6 Å². The number of esters is 1. The second-order valence-corrected chi connectivity index (χ2v) is 8.55. The normalized spacial score (nSPS) is 15.4. The molecule has 0 N–H and O–H groups in total. The molecule has 1 amide bonds. The first kappa shape index (κ1) is 25.7. The van der Waals surface area contributed by atoms with Crippen LogP contribution in [0.15, 0.2) is 40.8 Å². The SMILES string of the molecule is CCOC(=O)CN(CCOC)CC(=O)N1N=C(c2cccs2)CC1c1ccc(OC)c(OC)c1. The Hall–Kier alpha value is -2.95. The molecule has 184 valence electrons. The van der Waals surface area contributed by atoms with Crippen molar-refractivity contribution in [2.45, 2.75) is 19.4 Å². The van der Waals surface area contributed by atoms with E-state index in [1.165, 1.54) is 5.01 Å². The number of carbonyl (C=O) groups is 2. The van der Waals surface area contributed by atoms with E-state index in [9.17, 15) is 9.59 Å². The van der Waals surface area contributed by atoms with Crippen LogP contribution < -0.4 is 9.47 Å². The van der Waals surface area contributed by atoms with Gasteiger partial charge >= 0.3 is 5.97 Å². The predicted molar refractivity (Wildman–Crippen MR) is 130 cm³/mol. The van der Waals surface area contributed by atoms with Gasteiger partial charge in [-0.3, -0.25) is 14.5 Å². The van der Waals surface area contributed by atoms with Crippen LogP contribution in [0.25, 0.3) is 0 Å². The van der Waals surface area contributed by atoms with E-state index in [0.717, 1.165) is 16.2 Å². The van der Waals surface area contributed by atoms with Crippen LogP contribution in [0.4, 0.5) is 0 Å². The van der Waals surface area contributed by atoms with E-state index < -0.39 is 0 Å². The highest BCUT2D eigenvalue weighted by molar-refractivity contribution is 7.12. The van der Waals surface area contributed by atoms with Crippen LogP contribution in [0.1, 0.15) is 29.8 Å². The molecule has 10 heteroatoms. The lowest BCUT2D eigenvalue weighted by molar-refractivity contribution is -0.145. The minimum Gasteiger partial charge on any atom is -0.493 e. The first-order valence-electron chi connectivity index (χ1n) is 11.0. The van der Waals surface area contributed by atoms with Gasteiger partial charge in [0.05, 0.1) is 57.2 Å². The van der Waals surface area contributed by atoms with Gasteiger partial charge in [-0.05, 0) is 36.1 Å². The highest BCUT2D eigenvalue weighted by atomic mass is 32.1. The van der Waals surface area contributed by atoms with E-state index in [1.807, 2.05) is 35.7 Å². The van der Waals surface area contributed by atoms with Crippen molar-refractivity contribution >= 4 is 28.9 Å². The summed E-state index contributed by atoms with van der Waals surface area (Å²) in [4.78, 5) is 28.3. The second kappa shape index (κ2) is 12.5. The van der Waals surface area contributed by atoms with Crippen molar-refractivity contribution in [2.24, 2.45) is 5.10 Å². The van der Waals surface area contributed by atoms with Crippen LogP contribution in [-0.2, 0) is 19.1 Å². The van der Waals surface area contributed by atoms with Crippen LogP contribution in [0.3, 0.4) is 0 Å². The fourth-order valence-corrected chi connectivity index (χ4v) is 4.46. The van der Waals surface area contributed by atoms with Crippen molar-refractivity contribution in [1.82, 2.24) is 9.91 Å². The van der Waals surface area contributed by atoms with Crippen LogP contribution in [0, 0.1) is 0 Å². The molecule has 1 atom stereocenters. The van der Waals surface area contributed by atoms with Gasteiger partial charge in [0, 0.05) is 20.1 Å². The van der Waals surface area contributed by atoms with Gasteiger partial charge in [0.25, 0.3) is 5.91 Å². The van der Waals surface area contributed by atoms with E-state index in [4.69, 9.17) is 24.0 Å². The molecule has 0 bridgehead atoms. The van der Waals surface area contributed by atoms with Crippen molar-refractivity contribution in [1.29, 1.82) is 0 Å². The third-order valence-corrected chi connectivity index (χ3v) is 6.31. The summed E-state index contributed by atoms with van der Waals surface area (Å²) >= 11 is 1.58. The number of hydrogen-bond acceptors (Lipinski definition) is 9. The standard InChI is InChI=1S/C24H31N3O6S/c1-5-33-24(29)16-26(10-11-30-2)15-23(28)27-19(14-18(25-27)22-7-6-12-34-22)17-8-9-20(31-3)21(13-17)32-4/h6-9,12-13,19H,5,10-11,14-16H2,1-4H3. The Labute approximate surface area is 203 Å². The van der Waals surface area contributed by atoms with E-state index in [0.29, 0.717) is 31.1 Å². The molecule has 2 aromatic rings. The monoisotopic (exact) mass is 489 g/mol. The summed E-state index contributed by atoms with van der Waals surface area (Å²) in [5.74, 6) is 0.599. The zero-order chi connectivity index (χ0) is 24.5. The van der Waals surface area contributed by atoms with Crippen molar-refractivity contribution in [2.75, 3.05) is 54.2 Å². The molecule has 3 rings (SSSR count). The summed E-state index contributed by atoms with van der Waals surface area (Å²) in [5, 5.41) is 8.20. The first-order valence-corrected chi connectivity index (χ1v) is 11.9. The van der Waals surface area contributed by atoms with E-state index in [2.05, 4.69) is 0 Å². The Morgan fingerprint density at radius 1 is 1.15 bits per heavy atom. The molecular formula is C24H31N3O6S. The van der Waals surface area contributed by atoms with Crippen molar-refractivity contribution in [3.63, 3.8) is 0 Å². The number of ether oxygens (including phenoxy) is 4. The third-order valence-electron chi connectivity index (χ3n) is 5.39. The quantitative estimate of drug-likeness (QED) is 0.424. The number of hydrazone groups is 1. The molecule has 0 saturated heterocycles. The minimum atomic E-state index is -0.382. The molecule has 1 aromatic carbocycles. The molecule has 0 radical (unpaired) electrons. The highest BCUT2D eigenvalue weighted by Crippen LogP contribution is 2.37. The largest absolute Gasteiger partial charge is 0.493 e. The maximum absolute atomic E-state index is 13.5. The molecule has 9 nitrogen and oxygen atoms in total. The lowest BCUT2D eigenvalue weighted by Crippen LogP contribution is -2.42. The summed E-state index contributed by atoms with van der Waals surface area (Å²) in [5.41, 5.74) is 1.73. The molecule has 0 saturated carbocycles. The first-order chi connectivity index (χ1) is 16.5. The minimum absolute atomic E-state index is 0.000693. The molecule has 0 spiro atoms. The molecule has 0 aliphatic carbocycles. The van der Waals surface area contributed by atoms with Crippen molar-refractivity contribution < 1.29 is 28.5 Å². The zero-order valence-corrected chi connectivity index (χ0v) is 20.8. The fourth-order valence-electron chi connectivity index (χ4n) is 3.74. The molecule has 34 heavy (non-hydrogen) atoms. The topological polar surface area (TPSA) is 89.9 Å². The number of hydrogen-bond donors (Lipinski definition) is 0. The van der Waals surface area contributed by atoms with Gasteiger partial charge in [-0.25, -0.2) is 5.01 Å². The van der Waals surface area contributed by atoms with Crippen LogP contribution in [-0.4, -0.2) is 81.7 Å². The van der Waals surface area contributed by atoms with Crippen LogP contribution >= 0.6 is 11.3 Å². The molecule has 1 aromatic heterocycles. The summed E-state index contributed by atoms with van der Waals surface area (Å²) in [6.45, 7) is 2.84. The Kier molecular flexibility index (Phi) is 9.43. The third kappa shape index (κ3) is 6.34. The number of nitrogens with zero attached hydrogens (tertiary/aromatic N) is 3. The summed E-state index contributed by atoms with van der Waals surface area (Å²) in [6, 6.07) is 9.26. The Morgan fingerprint density at radius 3 is 2.59 bits per heavy atom.